The molecular formula is C13H12BrCl2NO4. The van der Waals surface area contributed by atoms with Crippen molar-refractivity contribution in [3.8, 4) is 0 Å². The smallest absolute Gasteiger partial charge is 0.325 e. The molecule has 0 fully saturated rings. The highest BCUT2D eigenvalue weighted by atomic mass is 79.9. The number of carbonyl (C=O) groups excluding carboxylic acids is 2. The number of ketones is 1. The standard InChI is InChI=1S/C13H12BrCl2NO4/c1-13(2,10(18)9(14)12(20)21)17-11(19)6-3-7(15)5-8(16)4-6/h3-5,9H,1-2H3,(H,17,19)(H,20,21). The zero-order chi connectivity index (χ0) is 16.4. The Morgan fingerprint density at radius 2 is 1.67 bits per heavy atom. The molecule has 1 unspecified atom stereocenters. The first-order valence-corrected chi connectivity index (χ1v) is 7.41. The normalized spacial score (nSPS) is 12.6. The fraction of sp³-hybridized carbons (Fsp3) is 0.308. The molecule has 2 N–H and O–H groups in total. The van der Waals surface area contributed by atoms with Crippen LogP contribution in [0.5, 0.6) is 0 Å². The van der Waals surface area contributed by atoms with E-state index in [4.69, 9.17) is 28.3 Å². The third kappa shape index (κ3) is 4.69. The second kappa shape index (κ2) is 6.77. The number of halogens is 3. The number of carbonyl (C=O) groups is 3. The predicted molar refractivity (Wildman–Crippen MR) is 83.4 cm³/mol. The van der Waals surface area contributed by atoms with E-state index in [1.165, 1.54) is 32.0 Å². The molecule has 21 heavy (non-hydrogen) atoms. The molecule has 0 aliphatic heterocycles. The van der Waals surface area contributed by atoms with Crippen LogP contribution in [0, 0.1) is 0 Å². The molecule has 0 spiro atoms. The van der Waals surface area contributed by atoms with Crippen LogP contribution >= 0.6 is 39.1 Å². The molecule has 0 aliphatic rings. The van der Waals surface area contributed by atoms with Crippen LogP contribution in [0.3, 0.4) is 0 Å². The van der Waals surface area contributed by atoms with Crippen LogP contribution < -0.4 is 5.32 Å². The van der Waals surface area contributed by atoms with Gasteiger partial charge >= 0.3 is 5.97 Å². The van der Waals surface area contributed by atoms with Crippen molar-refractivity contribution in [2.45, 2.75) is 24.2 Å². The van der Waals surface area contributed by atoms with E-state index in [1.54, 1.807) is 0 Å². The summed E-state index contributed by atoms with van der Waals surface area (Å²) in [4.78, 5) is 33.5. The van der Waals surface area contributed by atoms with Gasteiger partial charge in [0.05, 0.1) is 5.54 Å². The molecule has 8 heteroatoms. The average Bonchev–Trinajstić information content (AvgIpc) is 2.35. The minimum atomic E-state index is -1.41. The molecule has 1 amide bonds. The maximum atomic E-state index is 12.1. The zero-order valence-electron chi connectivity index (χ0n) is 11.1. The Kier molecular flexibility index (Phi) is 5.78. The average molecular weight is 397 g/mol. The molecule has 1 rings (SSSR count). The number of nitrogens with one attached hydrogen (secondary N) is 1. The minimum Gasteiger partial charge on any atom is -0.480 e. The fourth-order valence-electron chi connectivity index (χ4n) is 1.53. The largest absolute Gasteiger partial charge is 0.480 e. The zero-order valence-corrected chi connectivity index (χ0v) is 14.2. The molecule has 1 aromatic carbocycles. The number of hydrogen-bond donors (Lipinski definition) is 2. The van der Waals surface area contributed by atoms with Gasteiger partial charge in [-0.05, 0) is 32.0 Å². The summed E-state index contributed by atoms with van der Waals surface area (Å²) in [5.74, 6) is -2.59. The minimum absolute atomic E-state index is 0.176. The number of amides is 1. The summed E-state index contributed by atoms with van der Waals surface area (Å²) in [7, 11) is 0. The van der Waals surface area contributed by atoms with Gasteiger partial charge in [-0.25, -0.2) is 0 Å². The van der Waals surface area contributed by atoms with Crippen molar-refractivity contribution in [3.63, 3.8) is 0 Å². The lowest BCUT2D eigenvalue weighted by atomic mass is 9.96. The molecular weight excluding hydrogens is 385 g/mol. The monoisotopic (exact) mass is 395 g/mol. The van der Waals surface area contributed by atoms with Crippen LogP contribution in [0.25, 0.3) is 0 Å². The molecule has 0 radical (unpaired) electrons. The number of alkyl halides is 1. The van der Waals surface area contributed by atoms with E-state index in [0.29, 0.717) is 0 Å². The quantitative estimate of drug-likeness (QED) is 0.592. The summed E-state index contributed by atoms with van der Waals surface area (Å²) in [5, 5.41) is 11.8. The lowest BCUT2D eigenvalue weighted by molar-refractivity contribution is -0.140. The number of carboxylic acids is 1. The maximum Gasteiger partial charge on any atom is 0.325 e. The van der Waals surface area contributed by atoms with Crippen LogP contribution in [0.4, 0.5) is 0 Å². The number of aliphatic carboxylic acids is 1. The van der Waals surface area contributed by atoms with Gasteiger partial charge in [0, 0.05) is 15.6 Å². The Hall–Kier alpha value is -1.11. The predicted octanol–water partition coefficient (Wildman–Crippen LogP) is 2.92. The SMILES string of the molecule is CC(C)(NC(=O)c1cc(Cl)cc(Cl)c1)C(=O)C(Br)C(=O)O. The van der Waals surface area contributed by atoms with Gasteiger partial charge < -0.3 is 10.4 Å². The van der Waals surface area contributed by atoms with Crippen molar-refractivity contribution in [2.24, 2.45) is 0 Å². The molecule has 0 aliphatic carbocycles. The van der Waals surface area contributed by atoms with E-state index in [-0.39, 0.29) is 15.6 Å². The van der Waals surface area contributed by atoms with Crippen molar-refractivity contribution in [1.29, 1.82) is 0 Å². The number of rotatable bonds is 5. The van der Waals surface area contributed by atoms with Gasteiger partial charge in [0.15, 0.2) is 10.6 Å². The third-order valence-electron chi connectivity index (χ3n) is 2.61. The Labute approximate surface area is 139 Å². The Morgan fingerprint density at radius 3 is 2.10 bits per heavy atom. The summed E-state index contributed by atoms with van der Waals surface area (Å²) in [6.07, 6.45) is 0. The second-order valence-electron chi connectivity index (χ2n) is 4.80. The summed E-state index contributed by atoms with van der Waals surface area (Å²) < 4.78 is 0. The van der Waals surface area contributed by atoms with E-state index in [2.05, 4.69) is 21.2 Å². The van der Waals surface area contributed by atoms with Crippen LogP contribution in [0.2, 0.25) is 10.0 Å². The molecule has 1 atom stereocenters. The van der Waals surface area contributed by atoms with Crippen LogP contribution in [-0.2, 0) is 9.59 Å². The Morgan fingerprint density at radius 1 is 1.19 bits per heavy atom. The first kappa shape index (κ1) is 17.9. The van der Waals surface area contributed by atoms with Gasteiger partial charge in [-0.1, -0.05) is 39.1 Å². The maximum absolute atomic E-state index is 12.1. The van der Waals surface area contributed by atoms with E-state index in [1.807, 2.05) is 0 Å². The molecule has 0 saturated heterocycles. The Balaban J connectivity index is 2.95. The molecule has 0 bridgehead atoms. The topological polar surface area (TPSA) is 83.5 Å². The van der Waals surface area contributed by atoms with Crippen molar-refractivity contribution < 1.29 is 19.5 Å². The number of hydrogen-bond acceptors (Lipinski definition) is 3. The van der Waals surface area contributed by atoms with Gasteiger partial charge in [-0.3, -0.25) is 14.4 Å². The van der Waals surface area contributed by atoms with Crippen molar-refractivity contribution in [1.82, 2.24) is 5.32 Å². The van der Waals surface area contributed by atoms with E-state index in [0.717, 1.165) is 0 Å². The third-order valence-corrected chi connectivity index (χ3v) is 3.86. The van der Waals surface area contributed by atoms with Crippen molar-refractivity contribution in [2.75, 3.05) is 0 Å². The van der Waals surface area contributed by atoms with Gasteiger partial charge in [-0.2, -0.15) is 0 Å². The lowest BCUT2D eigenvalue weighted by Crippen LogP contribution is -2.53. The van der Waals surface area contributed by atoms with Crippen molar-refractivity contribution in [3.05, 3.63) is 33.8 Å². The number of Topliss-reactive ketones (excluding diaryl/α,β-unsaturated/α-hetero) is 1. The molecule has 1 aromatic rings. The first-order valence-electron chi connectivity index (χ1n) is 5.74. The molecule has 0 saturated carbocycles. The Bertz CT molecular complexity index is 584. The van der Waals surface area contributed by atoms with Gasteiger partial charge in [0.2, 0.25) is 0 Å². The summed E-state index contributed by atoms with van der Waals surface area (Å²) in [6, 6.07) is 4.26. The highest BCUT2D eigenvalue weighted by Gasteiger charge is 2.37. The van der Waals surface area contributed by atoms with Crippen LogP contribution in [-0.4, -0.2) is 33.1 Å². The van der Waals surface area contributed by atoms with E-state index >= 15 is 0 Å². The lowest BCUT2D eigenvalue weighted by Gasteiger charge is -2.26. The molecule has 0 aromatic heterocycles. The molecule has 114 valence electrons. The van der Waals surface area contributed by atoms with Gasteiger partial charge in [0.1, 0.15) is 0 Å². The molecule has 0 heterocycles. The highest BCUT2D eigenvalue weighted by molar-refractivity contribution is 9.10. The highest BCUT2D eigenvalue weighted by Crippen LogP contribution is 2.20. The fourth-order valence-corrected chi connectivity index (χ4v) is 2.63. The van der Waals surface area contributed by atoms with E-state index in [9.17, 15) is 14.4 Å². The summed E-state index contributed by atoms with van der Waals surface area (Å²) >= 11 is 14.4. The second-order valence-corrected chi connectivity index (χ2v) is 6.59. The van der Waals surface area contributed by atoms with Crippen molar-refractivity contribution >= 4 is 56.8 Å². The van der Waals surface area contributed by atoms with Gasteiger partial charge in [0.25, 0.3) is 5.91 Å². The van der Waals surface area contributed by atoms with Crippen LogP contribution in [0.1, 0.15) is 24.2 Å². The van der Waals surface area contributed by atoms with E-state index < -0.39 is 28.0 Å². The summed E-state index contributed by atoms with van der Waals surface area (Å²) in [5.41, 5.74) is -1.20. The van der Waals surface area contributed by atoms with Crippen LogP contribution in [0.15, 0.2) is 18.2 Å². The van der Waals surface area contributed by atoms with Gasteiger partial charge in [-0.15, -0.1) is 0 Å². The number of carboxylic acid groups (broad SMARTS) is 1. The summed E-state index contributed by atoms with van der Waals surface area (Å²) in [6.45, 7) is 2.83. The first-order chi connectivity index (χ1) is 9.54. The number of benzene rings is 1. The molecule has 5 nitrogen and oxygen atoms in total.